The first-order valence-electron chi connectivity index (χ1n) is 6.50. The highest BCUT2D eigenvalue weighted by molar-refractivity contribution is 9.10. The van der Waals surface area contributed by atoms with Crippen LogP contribution in [0.2, 0.25) is 0 Å². The average molecular weight is 354 g/mol. The van der Waals surface area contributed by atoms with Gasteiger partial charge in [-0.3, -0.25) is 0 Å². The minimum Gasteiger partial charge on any atom is -0.355 e. The monoisotopic (exact) mass is 352 g/mol. The molecule has 0 bridgehead atoms. The molecule has 4 heteroatoms. The van der Waals surface area contributed by atoms with Gasteiger partial charge in [-0.2, -0.15) is 0 Å². The molecule has 0 aliphatic carbocycles. The summed E-state index contributed by atoms with van der Waals surface area (Å²) in [6, 6.07) is 10.4. The summed E-state index contributed by atoms with van der Waals surface area (Å²) in [5, 5.41) is 0. The summed E-state index contributed by atoms with van der Waals surface area (Å²) in [4.78, 5) is 6.81. The third-order valence-electron chi connectivity index (χ3n) is 3.26. The van der Waals surface area contributed by atoms with Crippen LogP contribution in [0.1, 0.15) is 22.4 Å². The fourth-order valence-electron chi connectivity index (χ4n) is 2.31. The predicted octanol–water partition coefficient (Wildman–Crippen LogP) is 4.84. The van der Waals surface area contributed by atoms with Crippen molar-refractivity contribution in [1.29, 1.82) is 0 Å². The van der Waals surface area contributed by atoms with Crippen LogP contribution in [0.15, 0.2) is 34.8 Å². The summed E-state index contributed by atoms with van der Waals surface area (Å²) >= 11 is 9.59. The second kappa shape index (κ2) is 6.59. The summed E-state index contributed by atoms with van der Waals surface area (Å²) in [7, 11) is 2.05. The largest absolute Gasteiger partial charge is 0.355 e. The van der Waals surface area contributed by atoms with Crippen LogP contribution in [0, 0.1) is 13.8 Å². The lowest BCUT2D eigenvalue weighted by atomic mass is 10.1. The van der Waals surface area contributed by atoms with Gasteiger partial charge in [-0.05, 0) is 43.2 Å². The summed E-state index contributed by atoms with van der Waals surface area (Å²) < 4.78 is 1.09. The number of alkyl halides is 1. The predicted molar refractivity (Wildman–Crippen MR) is 89.5 cm³/mol. The Morgan fingerprint density at radius 3 is 2.65 bits per heavy atom. The van der Waals surface area contributed by atoms with Crippen LogP contribution in [0.5, 0.6) is 0 Å². The molecule has 2 nitrogen and oxygen atoms in total. The second-order valence-corrected chi connectivity index (χ2v) is 6.19. The van der Waals surface area contributed by atoms with Gasteiger partial charge in [0.05, 0.1) is 5.88 Å². The molecule has 1 aromatic carbocycles. The fourth-order valence-corrected chi connectivity index (χ4v) is 3.09. The van der Waals surface area contributed by atoms with Crippen molar-refractivity contribution in [3.05, 3.63) is 57.2 Å². The Bertz CT molecular complexity index is 613. The lowest BCUT2D eigenvalue weighted by Crippen LogP contribution is -2.20. The Labute approximate surface area is 133 Å². The number of benzene rings is 1. The standard InChI is InChI=1S/C16H18BrClN2/c1-11-7-12(2)19-16(15(11)9-18)20(3)10-13-5-4-6-14(17)8-13/h4-8H,9-10H2,1-3H3. The van der Waals surface area contributed by atoms with Crippen LogP contribution in [-0.4, -0.2) is 12.0 Å². The van der Waals surface area contributed by atoms with E-state index in [4.69, 9.17) is 11.6 Å². The average Bonchev–Trinajstić information content (AvgIpc) is 2.37. The summed E-state index contributed by atoms with van der Waals surface area (Å²) in [6.45, 7) is 4.91. The molecule has 2 aromatic rings. The van der Waals surface area contributed by atoms with Gasteiger partial charge in [-0.15, -0.1) is 11.6 Å². The van der Waals surface area contributed by atoms with Crippen molar-refractivity contribution in [2.75, 3.05) is 11.9 Å². The molecule has 0 unspecified atom stereocenters. The van der Waals surface area contributed by atoms with E-state index in [1.807, 2.05) is 19.1 Å². The van der Waals surface area contributed by atoms with Crippen LogP contribution in [0.4, 0.5) is 5.82 Å². The van der Waals surface area contributed by atoms with Crippen molar-refractivity contribution in [3.8, 4) is 0 Å². The maximum absolute atomic E-state index is 6.09. The zero-order valence-corrected chi connectivity index (χ0v) is 14.3. The minimum absolute atomic E-state index is 0.483. The number of aromatic nitrogens is 1. The molecule has 0 fully saturated rings. The van der Waals surface area contributed by atoms with Gasteiger partial charge in [0.25, 0.3) is 0 Å². The van der Waals surface area contributed by atoms with Gasteiger partial charge in [0, 0.05) is 29.3 Å². The topological polar surface area (TPSA) is 16.1 Å². The van der Waals surface area contributed by atoms with E-state index in [2.05, 4.69) is 58.0 Å². The molecular formula is C16H18BrClN2. The number of nitrogens with zero attached hydrogens (tertiary/aromatic N) is 2. The van der Waals surface area contributed by atoms with E-state index < -0.39 is 0 Å². The number of pyridine rings is 1. The quantitative estimate of drug-likeness (QED) is 0.731. The molecule has 0 aliphatic rings. The Morgan fingerprint density at radius 2 is 2.00 bits per heavy atom. The first-order chi connectivity index (χ1) is 9.51. The van der Waals surface area contributed by atoms with E-state index >= 15 is 0 Å². The van der Waals surface area contributed by atoms with E-state index in [0.717, 1.165) is 28.1 Å². The van der Waals surface area contributed by atoms with Gasteiger partial charge >= 0.3 is 0 Å². The van der Waals surface area contributed by atoms with Gasteiger partial charge in [-0.25, -0.2) is 4.98 Å². The molecule has 106 valence electrons. The lowest BCUT2D eigenvalue weighted by molar-refractivity contribution is 0.879. The lowest BCUT2D eigenvalue weighted by Gasteiger charge is -2.22. The SMILES string of the molecule is Cc1cc(C)c(CCl)c(N(C)Cc2cccc(Br)c2)n1. The Kier molecular flexibility index (Phi) is 5.06. The molecule has 1 aromatic heterocycles. The third-order valence-corrected chi connectivity index (χ3v) is 4.02. The van der Waals surface area contributed by atoms with Crippen molar-refractivity contribution < 1.29 is 0 Å². The molecule has 0 spiro atoms. The van der Waals surface area contributed by atoms with Crippen LogP contribution in [0.3, 0.4) is 0 Å². The molecule has 0 aliphatic heterocycles. The highest BCUT2D eigenvalue weighted by atomic mass is 79.9. The number of rotatable bonds is 4. The Morgan fingerprint density at radius 1 is 1.25 bits per heavy atom. The maximum Gasteiger partial charge on any atom is 0.133 e. The van der Waals surface area contributed by atoms with Gasteiger partial charge in [0.2, 0.25) is 0 Å². The Hall–Kier alpha value is -1.06. The molecule has 0 radical (unpaired) electrons. The molecule has 1 heterocycles. The van der Waals surface area contributed by atoms with E-state index in [-0.39, 0.29) is 0 Å². The molecule has 0 saturated heterocycles. The second-order valence-electron chi connectivity index (χ2n) is 5.00. The summed E-state index contributed by atoms with van der Waals surface area (Å²) in [5.74, 6) is 1.45. The fraction of sp³-hybridized carbons (Fsp3) is 0.312. The minimum atomic E-state index is 0.483. The Balaban J connectivity index is 2.31. The highest BCUT2D eigenvalue weighted by Gasteiger charge is 2.12. The molecule has 0 N–H and O–H groups in total. The first-order valence-corrected chi connectivity index (χ1v) is 7.82. The summed E-state index contributed by atoms with van der Waals surface area (Å²) in [6.07, 6.45) is 0. The number of halogens is 2. The number of hydrogen-bond donors (Lipinski definition) is 0. The van der Waals surface area contributed by atoms with E-state index in [0.29, 0.717) is 5.88 Å². The van der Waals surface area contributed by atoms with Crippen LogP contribution in [-0.2, 0) is 12.4 Å². The van der Waals surface area contributed by atoms with Crippen molar-refractivity contribution in [1.82, 2.24) is 4.98 Å². The number of aryl methyl sites for hydroxylation is 2. The molecular weight excluding hydrogens is 336 g/mol. The first kappa shape index (κ1) is 15.3. The van der Waals surface area contributed by atoms with Crippen molar-refractivity contribution >= 4 is 33.3 Å². The maximum atomic E-state index is 6.09. The third kappa shape index (κ3) is 3.53. The van der Waals surface area contributed by atoms with Crippen molar-refractivity contribution in [2.45, 2.75) is 26.3 Å². The van der Waals surface area contributed by atoms with Crippen LogP contribution < -0.4 is 4.90 Å². The molecule has 0 saturated carbocycles. The van der Waals surface area contributed by atoms with Gasteiger partial charge < -0.3 is 4.90 Å². The normalized spacial score (nSPS) is 10.7. The van der Waals surface area contributed by atoms with Crippen LogP contribution in [0.25, 0.3) is 0 Å². The molecule has 0 amide bonds. The van der Waals surface area contributed by atoms with E-state index in [1.54, 1.807) is 0 Å². The van der Waals surface area contributed by atoms with Crippen molar-refractivity contribution in [2.24, 2.45) is 0 Å². The smallest absolute Gasteiger partial charge is 0.133 e. The summed E-state index contributed by atoms with van der Waals surface area (Å²) in [5.41, 5.74) is 4.56. The molecule has 0 atom stereocenters. The molecule has 20 heavy (non-hydrogen) atoms. The van der Waals surface area contributed by atoms with Gasteiger partial charge in [0.15, 0.2) is 0 Å². The molecule has 2 rings (SSSR count). The zero-order valence-electron chi connectivity index (χ0n) is 12.0. The van der Waals surface area contributed by atoms with Crippen LogP contribution >= 0.6 is 27.5 Å². The van der Waals surface area contributed by atoms with Crippen molar-refractivity contribution in [3.63, 3.8) is 0 Å². The number of anilines is 1. The zero-order chi connectivity index (χ0) is 14.7. The van der Waals surface area contributed by atoms with E-state index in [1.165, 1.54) is 11.1 Å². The highest BCUT2D eigenvalue weighted by Crippen LogP contribution is 2.25. The van der Waals surface area contributed by atoms with Gasteiger partial charge in [-0.1, -0.05) is 28.1 Å². The van der Waals surface area contributed by atoms with E-state index in [9.17, 15) is 0 Å². The number of hydrogen-bond acceptors (Lipinski definition) is 2. The van der Waals surface area contributed by atoms with Gasteiger partial charge in [0.1, 0.15) is 5.82 Å².